The number of carbonyl (C=O) groups is 2. The fourth-order valence-corrected chi connectivity index (χ4v) is 3.70. The maximum Gasteiger partial charge on any atom is 0.310 e. The third-order valence-electron chi connectivity index (χ3n) is 5.02. The molecule has 2 aliphatic rings. The lowest BCUT2D eigenvalue weighted by atomic mass is 9.88. The van der Waals surface area contributed by atoms with Crippen LogP contribution in [0.25, 0.3) is 0 Å². The van der Waals surface area contributed by atoms with Crippen molar-refractivity contribution in [2.24, 2.45) is 0 Å². The molecule has 0 spiro atoms. The van der Waals surface area contributed by atoms with Gasteiger partial charge in [0.1, 0.15) is 13.2 Å². The molecule has 1 aliphatic carbocycles. The molecular formula is C22H23NO5. The molecule has 0 radical (unpaired) electrons. The number of hydrogen-bond acceptors (Lipinski definition) is 5. The smallest absolute Gasteiger partial charge is 0.310 e. The number of amides is 1. The summed E-state index contributed by atoms with van der Waals surface area (Å²) in [6, 6.07) is 13.5. The zero-order valence-corrected chi connectivity index (χ0v) is 15.6. The van der Waals surface area contributed by atoms with Crippen LogP contribution in [-0.4, -0.2) is 31.7 Å². The zero-order valence-electron chi connectivity index (χ0n) is 15.6. The highest BCUT2D eigenvalue weighted by Gasteiger charge is 2.22. The molecule has 1 N–H and O–H groups in total. The monoisotopic (exact) mass is 381 g/mol. The molecule has 0 bridgehead atoms. The molecule has 0 saturated carbocycles. The quantitative estimate of drug-likeness (QED) is 0.806. The molecule has 1 aliphatic heterocycles. The summed E-state index contributed by atoms with van der Waals surface area (Å²) in [6.45, 7) is 0.738. The third kappa shape index (κ3) is 4.27. The number of fused-ring (bicyclic) bond motifs is 2. The molecule has 1 amide bonds. The van der Waals surface area contributed by atoms with Gasteiger partial charge in [-0.1, -0.05) is 30.3 Å². The lowest BCUT2D eigenvalue weighted by Crippen LogP contribution is -2.34. The lowest BCUT2D eigenvalue weighted by Gasteiger charge is -2.26. The van der Waals surface area contributed by atoms with Gasteiger partial charge in [0.05, 0.1) is 12.5 Å². The first kappa shape index (κ1) is 18.3. The molecule has 146 valence electrons. The van der Waals surface area contributed by atoms with Crippen LogP contribution in [0, 0.1) is 0 Å². The number of carbonyl (C=O) groups excluding carboxylic acids is 2. The highest BCUT2D eigenvalue weighted by Crippen LogP contribution is 2.31. The number of hydrogen-bond donors (Lipinski definition) is 1. The van der Waals surface area contributed by atoms with Gasteiger partial charge in [0.2, 0.25) is 0 Å². The van der Waals surface area contributed by atoms with Gasteiger partial charge in [-0.2, -0.15) is 0 Å². The third-order valence-corrected chi connectivity index (χ3v) is 5.02. The van der Waals surface area contributed by atoms with Crippen LogP contribution in [0.4, 0.5) is 0 Å². The molecule has 2 aromatic rings. The number of nitrogens with one attached hydrogen (secondary N) is 1. The van der Waals surface area contributed by atoms with Crippen LogP contribution in [0.15, 0.2) is 42.5 Å². The van der Waals surface area contributed by atoms with Crippen molar-refractivity contribution in [2.75, 3.05) is 19.8 Å². The Balaban J connectivity index is 1.28. The molecule has 1 heterocycles. The van der Waals surface area contributed by atoms with Crippen molar-refractivity contribution in [3.63, 3.8) is 0 Å². The van der Waals surface area contributed by atoms with Crippen molar-refractivity contribution in [3.05, 3.63) is 59.2 Å². The molecule has 2 aromatic carbocycles. The Hall–Kier alpha value is -3.02. The normalized spacial score (nSPS) is 17.4. The summed E-state index contributed by atoms with van der Waals surface area (Å²) in [5.74, 6) is 0.578. The molecule has 1 atom stereocenters. The van der Waals surface area contributed by atoms with Gasteiger partial charge in [0.25, 0.3) is 5.91 Å². The maximum atomic E-state index is 12.2. The molecule has 6 heteroatoms. The van der Waals surface area contributed by atoms with E-state index in [-0.39, 0.29) is 25.0 Å². The van der Waals surface area contributed by atoms with Gasteiger partial charge in [-0.05, 0) is 48.1 Å². The van der Waals surface area contributed by atoms with Gasteiger partial charge < -0.3 is 19.5 Å². The second kappa shape index (κ2) is 8.33. The van der Waals surface area contributed by atoms with Crippen LogP contribution in [0.3, 0.4) is 0 Å². The Morgan fingerprint density at radius 2 is 1.89 bits per heavy atom. The first-order chi connectivity index (χ1) is 13.7. The summed E-state index contributed by atoms with van der Waals surface area (Å²) >= 11 is 0. The molecular weight excluding hydrogens is 358 g/mol. The van der Waals surface area contributed by atoms with Crippen molar-refractivity contribution in [1.29, 1.82) is 0 Å². The van der Waals surface area contributed by atoms with E-state index in [4.69, 9.17) is 14.2 Å². The van der Waals surface area contributed by atoms with Crippen LogP contribution < -0.4 is 14.8 Å². The van der Waals surface area contributed by atoms with E-state index in [9.17, 15) is 9.59 Å². The molecule has 0 saturated heterocycles. The van der Waals surface area contributed by atoms with Gasteiger partial charge in [-0.25, -0.2) is 0 Å². The Morgan fingerprint density at radius 1 is 1.07 bits per heavy atom. The van der Waals surface area contributed by atoms with E-state index < -0.39 is 5.97 Å². The van der Waals surface area contributed by atoms with Crippen LogP contribution in [0.2, 0.25) is 0 Å². The predicted molar refractivity (Wildman–Crippen MR) is 102 cm³/mol. The van der Waals surface area contributed by atoms with Gasteiger partial charge in [0.15, 0.2) is 18.1 Å². The highest BCUT2D eigenvalue weighted by atomic mass is 16.6. The topological polar surface area (TPSA) is 73.9 Å². The van der Waals surface area contributed by atoms with Gasteiger partial charge in [0, 0.05) is 0 Å². The van der Waals surface area contributed by atoms with Crippen molar-refractivity contribution in [2.45, 2.75) is 31.7 Å². The van der Waals surface area contributed by atoms with E-state index in [0.717, 1.165) is 30.4 Å². The number of ether oxygens (including phenoxy) is 3. The fourth-order valence-electron chi connectivity index (χ4n) is 3.70. The van der Waals surface area contributed by atoms with Crippen molar-refractivity contribution >= 4 is 11.9 Å². The van der Waals surface area contributed by atoms with Crippen LogP contribution in [0.5, 0.6) is 11.5 Å². The molecule has 1 unspecified atom stereocenters. The highest BCUT2D eigenvalue weighted by molar-refractivity contribution is 5.81. The summed E-state index contributed by atoms with van der Waals surface area (Å²) in [6.07, 6.45) is 3.04. The predicted octanol–water partition coefficient (Wildman–Crippen LogP) is 2.74. The summed E-state index contributed by atoms with van der Waals surface area (Å²) in [7, 11) is 0. The Kier molecular flexibility index (Phi) is 5.46. The van der Waals surface area contributed by atoms with Gasteiger partial charge >= 0.3 is 5.97 Å². The minimum absolute atomic E-state index is 0.0195. The second-order valence-corrected chi connectivity index (χ2v) is 7.03. The standard InChI is InChI=1S/C22H23NO5/c24-21(23-18-7-3-5-16-4-1-2-6-17(16)18)14-28-22(25)13-15-8-9-19-20(12-15)27-11-10-26-19/h1-2,4,6,8-9,12,18H,3,5,7,10-11,13-14H2,(H,23,24). The van der Waals surface area contributed by atoms with E-state index >= 15 is 0 Å². The molecule has 28 heavy (non-hydrogen) atoms. The second-order valence-electron chi connectivity index (χ2n) is 7.03. The average Bonchev–Trinajstić information content (AvgIpc) is 2.72. The molecule has 6 nitrogen and oxygen atoms in total. The van der Waals surface area contributed by atoms with E-state index in [1.54, 1.807) is 18.2 Å². The Labute approximate surface area is 163 Å². The Morgan fingerprint density at radius 3 is 2.79 bits per heavy atom. The van der Waals surface area contributed by atoms with E-state index in [2.05, 4.69) is 11.4 Å². The zero-order chi connectivity index (χ0) is 19.3. The van der Waals surface area contributed by atoms with E-state index in [1.165, 1.54) is 5.56 Å². The first-order valence-corrected chi connectivity index (χ1v) is 9.60. The fraction of sp³-hybridized carbons (Fsp3) is 0.364. The van der Waals surface area contributed by atoms with Crippen molar-refractivity contribution in [3.8, 4) is 11.5 Å². The van der Waals surface area contributed by atoms with E-state index in [0.29, 0.717) is 24.7 Å². The molecule has 0 fully saturated rings. The largest absolute Gasteiger partial charge is 0.486 e. The number of benzene rings is 2. The SMILES string of the molecule is O=C(COC(=O)Cc1ccc2c(c1)OCCO2)NC1CCCc2ccccc21. The van der Waals surface area contributed by atoms with Crippen LogP contribution >= 0.6 is 0 Å². The Bertz CT molecular complexity index is 879. The van der Waals surface area contributed by atoms with Gasteiger partial charge in [-0.15, -0.1) is 0 Å². The minimum atomic E-state index is -0.448. The number of esters is 1. The lowest BCUT2D eigenvalue weighted by molar-refractivity contribution is -0.148. The first-order valence-electron chi connectivity index (χ1n) is 9.60. The summed E-state index contributed by atoms with van der Waals surface area (Å²) < 4.78 is 16.1. The molecule has 0 aromatic heterocycles. The van der Waals surface area contributed by atoms with Crippen molar-refractivity contribution < 1.29 is 23.8 Å². The van der Waals surface area contributed by atoms with E-state index in [1.807, 2.05) is 18.2 Å². The average molecular weight is 381 g/mol. The summed E-state index contributed by atoms with van der Waals surface area (Å²) in [5.41, 5.74) is 3.19. The van der Waals surface area contributed by atoms with Gasteiger partial charge in [-0.3, -0.25) is 9.59 Å². The number of rotatable bonds is 5. The van der Waals surface area contributed by atoms with Crippen LogP contribution in [0.1, 0.15) is 35.6 Å². The maximum absolute atomic E-state index is 12.2. The van der Waals surface area contributed by atoms with Crippen molar-refractivity contribution in [1.82, 2.24) is 5.32 Å². The molecule has 4 rings (SSSR count). The summed E-state index contributed by atoms with van der Waals surface area (Å²) in [4.78, 5) is 24.3. The van der Waals surface area contributed by atoms with Crippen LogP contribution in [-0.2, 0) is 27.2 Å². The minimum Gasteiger partial charge on any atom is -0.486 e. The number of aryl methyl sites for hydroxylation is 1. The summed E-state index contributed by atoms with van der Waals surface area (Å²) in [5, 5.41) is 2.98.